The molecule has 1 N–H and O–H groups in total. The van der Waals surface area contributed by atoms with E-state index in [-0.39, 0.29) is 10.8 Å². The van der Waals surface area contributed by atoms with Gasteiger partial charge in [0.15, 0.2) is 5.76 Å². The number of thiophene rings is 1. The van der Waals surface area contributed by atoms with Crippen molar-refractivity contribution in [3.8, 4) is 10.6 Å². The Hall–Kier alpha value is -1.55. The second-order valence-electron chi connectivity index (χ2n) is 4.41. The molecule has 0 radical (unpaired) electrons. The van der Waals surface area contributed by atoms with E-state index >= 15 is 0 Å². The minimum atomic E-state index is -3.55. The Kier molecular flexibility index (Phi) is 4.39. The first-order valence-electron chi connectivity index (χ1n) is 6.52. The van der Waals surface area contributed by atoms with Crippen molar-refractivity contribution in [2.24, 2.45) is 0 Å². The predicted molar refractivity (Wildman–Crippen MR) is 85.3 cm³/mol. The highest BCUT2D eigenvalue weighted by molar-refractivity contribution is 7.91. The first-order valence-corrected chi connectivity index (χ1v) is 9.70. The van der Waals surface area contributed by atoms with Crippen molar-refractivity contribution in [3.05, 3.63) is 40.5 Å². The van der Waals surface area contributed by atoms with Gasteiger partial charge in [-0.1, -0.05) is 12.1 Å². The quantitative estimate of drug-likeness (QED) is 0.735. The van der Waals surface area contributed by atoms with Crippen molar-refractivity contribution >= 4 is 32.7 Å². The van der Waals surface area contributed by atoms with Crippen LogP contribution in [0.5, 0.6) is 0 Å². The summed E-state index contributed by atoms with van der Waals surface area (Å²) in [6, 6.07) is 4.96. The lowest BCUT2D eigenvalue weighted by Crippen LogP contribution is -2.22. The number of aromatic nitrogens is 2. The van der Waals surface area contributed by atoms with Gasteiger partial charge in [-0.3, -0.25) is 0 Å². The van der Waals surface area contributed by atoms with Crippen molar-refractivity contribution in [1.29, 1.82) is 0 Å². The number of hydrogen-bond acceptors (Lipinski definition) is 7. The summed E-state index contributed by atoms with van der Waals surface area (Å²) in [6.07, 6.45) is 2.37. The molecule has 6 nitrogen and oxygen atoms in total. The van der Waals surface area contributed by atoms with Gasteiger partial charge in [-0.05, 0) is 18.6 Å². The zero-order valence-corrected chi connectivity index (χ0v) is 14.1. The van der Waals surface area contributed by atoms with E-state index in [4.69, 9.17) is 4.52 Å². The van der Waals surface area contributed by atoms with Crippen LogP contribution in [0.1, 0.15) is 17.6 Å². The summed E-state index contributed by atoms with van der Waals surface area (Å²) in [4.78, 5) is 5.07. The van der Waals surface area contributed by atoms with Gasteiger partial charge < -0.3 is 4.52 Å². The Morgan fingerprint density at radius 2 is 2.18 bits per heavy atom. The summed E-state index contributed by atoms with van der Waals surface area (Å²) in [7, 11) is -3.55. The summed E-state index contributed by atoms with van der Waals surface area (Å²) >= 11 is 2.60. The van der Waals surface area contributed by atoms with Gasteiger partial charge >= 0.3 is 0 Å². The topological polar surface area (TPSA) is 85.1 Å². The summed E-state index contributed by atoms with van der Waals surface area (Å²) in [5, 5.41) is 6.31. The fourth-order valence-electron chi connectivity index (χ4n) is 1.76. The maximum atomic E-state index is 12.3. The Morgan fingerprint density at radius 1 is 1.32 bits per heavy atom. The smallest absolute Gasteiger partial charge is 0.250 e. The molecule has 0 atom stereocenters. The van der Waals surface area contributed by atoms with E-state index in [9.17, 15) is 8.42 Å². The Balaban J connectivity index is 1.72. The molecule has 0 fully saturated rings. The first kappa shape index (κ1) is 15.3. The zero-order valence-electron chi connectivity index (χ0n) is 11.6. The van der Waals surface area contributed by atoms with Gasteiger partial charge in [0.25, 0.3) is 0 Å². The molecule has 0 aliphatic heterocycles. The molecule has 116 valence electrons. The lowest BCUT2D eigenvalue weighted by atomic mass is 10.4. The molecular formula is C13H13N3O3S3. The van der Waals surface area contributed by atoms with Crippen LogP contribution in [0.2, 0.25) is 0 Å². The van der Waals surface area contributed by atoms with Crippen molar-refractivity contribution in [2.45, 2.75) is 24.1 Å². The highest BCUT2D eigenvalue weighted by atomic mass is 32.2. The summed E-state index contributed by atoms with van der Waals surface area (Å²) in [5.41, 5.74) is 0.975. The molecule has 3 heterocycles. The minimum absolute atomic E-state index is 0.197. The van der Waals surface area contributed by atoms with Gasteiger partial charge in [0.2, 0.25) is 10.0 Å². The van der Waals surface area contributed by atoms with Gasteiger partial charge in [-0.25, -0.2) is 18.1 Å². The van der Waals surface area contributed by atoms with Crippen LogP contribution in [-0.2, 0) is 23.0 Å². The van der Waals surface area contributed by atoms with Crippen LogP contribution in [0.3, 0.4) is 0 Å². The van der Waals surface area contributed by atoms with E-state index in [2.05, 4.69) is 14.9 Å². The summed E-state index contributed by atoms with van der Waals surface area (Å²) in [6.45, 7) is 2.21. The monoisotopic (exact) mass is 355 g/mol. The molecule has 0 saturated carbocycles. The van der Waals surface area contributed by atoms with Crippen molar-refractivity contribution < 1.29 is 12.9 Å². The Bertz CT molecular complexity index is 850. The van der Waals surface area contributed by atoms with Crippen molar-refractivity contribution in [1.82, 2.24) is 14.9 Å². The number of hydrogen-bond donors (Lipinski definition) is 1. The van der Waals surface area contributed by atoms with Crippen LogP contribution in [0.4, 0.5) is 0 Å². The Morgan fingerprint density at radius 3 is 2.86 bits per heavy atom. The van der Waals surface area contributed by atoms with Crippen LogP contribution in [0.25, 0.3) is 10.6 Å². The third-order valence-corrected chi connectivity index (χ3v) is 6.79. The van der Waals surface area contributed by atoms with Crippen molar-refractivity contribution in [2.75, 3.05) is 0 Å². The lowest BCUT2D eigenvalue weighted by Gasteiger charge is -2.02. The highest BCUT2D eigenvalue weighted by Gasteiger charge is 2.18. The molecule has 3 aromatic heterocycles. The van der Waals surface area contributed by atoms with Gasteiger partial charge in [0, 0.05) is 11.4 Å². The third-order valence-electron chi connectivity index (χ3n) is 2.90. The average molecular weight is 355 g/mol. The molecule has 0 spiro atoms. The van der Waals surface area contributed by atoms with Crippen LogP contribution >= 0.6 is 22.7 Å². The van der Waals surface area contributed by atoms with Gasteiger partial charge in [-0.2, -0.15) is 0 Å². The number of rotatable bonds is 6. The zero-order chi connectivity index (χ0) is 15.6. The average Bonchev–Trinajstić information content (AvgIpc) is 3.24. The molecule has 3 aromatic rings. The third kappa shape index (κ3) is 3.27. The molecular weight excluding hydrogens is 342 g/mol. The molecule has 0 aliphatic carbocycles. The molecule has 3 rings (SSSR count). The number of nitrogens with one attached hydrogen (secondary N) is 1. The Labute approximate surface area is 135 Å². The molecule has 0 aromatic carbocycles. The van der Waals surface area contributed by atoms with Gasteiger partial charge in [0.05, 0.1) is 23.3 Å². The molecule has 0 aliphatic rings. The highest BCUT2D eigenvalue weighted by Crippen LogP contribution is 2.30. The second kappa shape index (κ2) is 6.29. The second-order valence-corrected chi connectivity index (χ2v) is 8.43. The normalized spacial score (nSPS) is 11.9. The standard InChI is InChI=1S/C13H13N3O3S3/c1-2-9-8-20-12(16-9)7-15-22(17,18)13-4-3-11(21-13)10-5-6-14-19-10/h3-6,8,15H,2,7H2,1H3. The lowest BCUT2D eigenvalue weighted by molar-refractivity contribution is 0.433. The van der Waals surface area contributed by atoms with E-state index in [1.807, 2.05) is 12.3 Å². The van der Waals surface area contributed by atoms with Crippen molar-refractivity contribution in [3.63, 3.8) is 0 Å². The SMILES string of the molecule is CCc1csc(CNS(=O)(=O)c2ccc(-c3ccno3)s2)n1. The molecule has 9 heteroatoms. The number of thiazole rings is 1. The first-order chi connectivity index (χ1) is 10.6. The predicted octanol–water partition coefficient (Wildman–Crippen LogP) is 2.90. The molecule has 0 amide bonds. The van der Waals surface area contributed by atoms with Crippen LogP contribution in [0, 0.1) is 0 Å². The van der Waals surface area contributed by atoms with E-state index in [0.29, 0.717) is 5.76 Å². The fraction of sp³-hybridized carbons (Fsp3) is 0.231. The van der Waals surface area contributed by atoms with Crippen LogP contribution < -0.4 is 4.72 Å². The summed E-state index contributed by atoms with van der Waals surface area (Å²) < 4.78 is 32.4. The number of nitrogens with zero attached hydrogens (tertiary/aromatic N) is 2. The van der Waals surface area contributed by atoms with Crippen LogP contribution in [0.15, 0.2) is 38.5 Å². The van der Waals surface area contributed by atoms with E-state index in [1.165, 1.54) is 17.5 Å². The van der Waals surface area contributed by atoms with E-state index in [0.717, 1.165) is 33.3 Å². The molecule has 0 unspecified atom stereocenters. The maximum absolute atomic E-state index is 12.3. The molecule has 0 bridgehead atoms. The minimum Gasteiger partial charge on any atom is -0.355 e. The fourth-order valence-corrected chi connectivity index (χ4v) is 4.96. The van der Waals surface area contributed by atoms with E-state index in [1.54, 1.807) is 18.2 Å². The number of aryl methyl sites for hydroxylation is 1. The number of sulfonamides is 1. The largest absolute Gasteiger partial charge is 0.355 e. The molecule has 22 heavy (non-hydrogen) atoms. The van der Waals surface area contributed by atoms with Gasteiger partial charge in [-0.15, -0.1) is 22.7 Å². The van der Waals surface area contributed by atoms with Crippen LogP contribution in [-0.4, -0.2) is 18.6 Å². The van der Waals surface area contributed by atoms with Gasteiger partial charge in [0.1, 0.15) is 9.22 Å². The summed E-state index contributed by atoms with van der Waals surface area (Å²) in [5.74, 6) is 0.555. The molecule has 0 saturated heterocycles. The van der Waals surface area contributed by atoms with E-state index < -0.39 is 10.0 Å². The maximum Gasteiger partial charge on any atom is 0.250 e.